The number of nitrogens with two attached hydrogens (primary N) is 1. The van der Waals surface area contributed by atoms with Gasteiger partial charge in [0.15, 0.2) is 0 Å². The predicted octanol–water partition coefficient (Wildman–Crippen LogP) is 4.48. The summed E-state index contributed by atoms with van der Waals surface area (Å²) in [7, 11) is 0. The molecule has 2 aromatic rings. The standard InChI is InChI=1S/C20H29N3OS.2ClH/c1-3-22(4-2)13-14-23(16-18-9-7-15-25-18)20(24)12-11-17-8-5-6-10-19(17)21;;/h5-10,15H,3-4,11-14,16,21H2,1-2H3;2*1H. The molecule has 1 heterocycles. The summed E-state index contributed by atoms with van der Waals surface area (Å²) in [6.07, 6.45) is 1.19. The number of hydrogen-bond acceptors (Lipinski definition) is 4. The lowest BCUT2D eigenvalue weighted by atomic mass is 10.1. The first kappa shape index (κ1) is 25.7. The minimum atomic E-state index is 0. The summed E-state index contributed by atoms with van der Waals surface area (Å²) in [4.78, 5) is 18.4. The van der Waals surface area contributed by atoms with E-state index in [-0.39, 0.29) is 30.7 Å². The Labute approximate surface area is 179 Å². The third kappa shape index (κ3) is 8.52. The molecule has 0 spiro atoms. The Morgan fingerprint density at radius 2 is 1.74 bits per heavy atom. The van der Waals surface area contributed by atoms with Crippen LogP contribution in [0.3, 0.4) is 0 Å². The Morgan fingerprint density at radius 1 is 1.04 bits per heavy atom. The van der Waals surface area contributed by atoms with Crippen LogP contribution in [0.2, 0.25) is 0 Å². The average Bonchev–Trinajstić information content (AvgIpc) is 3.13. The number of anilines is 1. The highest BCUT2D eigenvalue weighted by atomic mass is 35.5. The van der Waals surface area contributed by atoms with Crippen LogP contribution < -0.4 is 5.73 Å². The summed E-state index contributed by atoms with van der Waals surface area (Å²) in [6.45, 7) is 8.72. The van der Waals surface area contributed by atoms with Gasteiger partial charge in [-0.05, 0) is 42.6 Å². The van der Waals surface area contributed by atoms with Crippen LogP contribution in [-0.2, 0) is 17.8 Å². The van der Waals surface area contributed by atoms with Crippen LogP contribution in [0, 0.1) is 0 Å². The van der Waals surface area contributed by atoms with Crippen molar-refractivity contribution in [3.63, 3.8) is 0 Å². The molecule has 0 aliphatic heterocycles. The number of rotatable bonds is 10. The van der Waals surface area contributed by atoms with Crippen molar-refractivity contribution in [1.82, 2.24) is 9.80 Å². The number of nitrogen functional groups attached to an aromatic ring is 1. The Hall–Kier alpha value is -1.27. The molecule has 27 heavy (non-hydrogen) atoms. The first-order chi connectivity index (χ1) is 12.1. The molecule has 152 valence electrons. The molecule has 0 fully saturated rings. The molecule has 0 aliphatic carbocycles. The van der Waals surface area contributed by atoms with Gasteiger partial charge in [0.25, 0.3) is 0 Å². The molecule has 1 aromatic carbocycles. The number of nitrogens with zero attached hydrogens (tertiary/aromatic N) is 2. The van der Waals surface area contributed by atoms with Crippen LogP contribution in [-0.4, -0.2) is 41.9 Å². The van der Waals surface area contributed by atoms with E-state index in [1.165, 1.54) is 4.88 Å². The summed E-state index contributed by atoms with van der Waals surface area (Å²) in [6, 6.07) is 11.9. The van der Waals surface area contributed by atoms with E-state index < -0.39 is 0 Å². The molecule has 2 N–H and O–H groups in total. The van der Waals surface area contributed by atoms with Crippen molar-refractivity contribution >= 4 is 47.7 Å². The second-order valence-electron chi connectivity index (χ2n) is 6.12. The third-order valence-electron chi connectivity index (χ3n) is 4.52. The number of likely N-dealkylation sites (N-methyl/N-ethyl adjacent to an activating group) is 1. The van der Waals surface area contributed by atoms with E-state index in [4.69, 9.17) is 5.73 Å². The Bertz CT molecular complexity index is 648. The number of amides is 1. The maximum absolute atomic E-state index is 12.8. The molecule has 1 aromatic heterocycles. The zero-order valence-corrected chi connectivity index (χ0v) is 18.5. The molecule has 0 saturated heterocycles. The number of carbonyl (C=O) groups excluding carboxylic acids is 1. The minimum Gasteiger partial charge on any atom is -0.399 e. The van der Waals surface area contributed by atoms with Gasteiger partial charge < -0.3 is 15.5 Å². The highest BCUT2D eigenvalue weighted by Gasteiger charge is 2.16. The molecule has 0 aliphatic rings. The van der Waals surface area contributed by atoms with Crippen LogP contribution >= 0.6 is 36.2 Å². The summed E-state index contributed by atoms with van der Waals surface area (Å²) >= 11 is 1.70. The number of aryl methyl sites for hydroxylation is 1. The quantitative estimate of drug-likeness (QED) is 0.564. The predicted molar refractivity (Wildman–Crippen MR) is 121 cm³/mol. The smallest absolute Gasteiger partial charge is 0.223 e. The molecule has 1 amide bonds. The molecule has 0 bridgehead atoms. The largest absolute Gasteiger partial charge is 0.399 e. The second-order valence-corrected chi connectivity index (χ2v) is 7.15. The van der Waals surface area contributed by atoms with Crippen molar-refractivity contribution in [3.8, 4) is 0 Å². The molecule has 2 rings (SSSR count). The monoisotopic (exact) mass is 431 g/mol. The first-order valence-corrected chi connectivity index (χ1v) is 9.87. The van der Waals surface area contributed by atoms with Crippen molar-refractivity contribution in [2.24, 2.45) is 0 Å². The number of benzene rings is 1. The van der Waals surface area contributed by atoms with E-state index >= 15 is 0 Å². The van der Waals surface area contributed by atoms with Crippen molar-refractivity contribution in [3.05, 3.63) is 52.2 Å². The number of thiophene rings is 1. The van der Waals surface area contributed by atoms with Crippen LogP contribution in [0.5, 0.6) is 0 Å². The summed E-state index contributed by atoms with van der Waals surface area (Å²) in [5, 5.41) is 2.06. The van der Waals surface area contributed by atoms with Crippen molar-refractivity contribution in [2.75, 3.05) is 31.9 Å². The van der Waals surface area contributed by atoms with Crippen LogP contribution in [0.15, 0.2) is 41.8 Å². The average molecular weight is 432 g/mol. The van der Waals surface area contributed by atoms with Gasteiger partial charge in [-0.1, -0.05) is 38.1 Å². The van der Waals surface area contributed by atoms with Gasteiger partial charge in [-0.15, -0.1) is 36.2 Å². The Kier molecular flexibility index (Phi) is 13.2. The third-order valence-corrected chi connectivity index (χ3v) is 5.38. The lowest BCUT2D eigenvalue weighted by Gasteiger charge is -2.26. The fourth-order valence-corrected chi connectivity index (χ4v) is 3.57. The summed E-state index contributed by atoms with van der Waals surface area (Å²) in [5.74, 6) is 0.198. The molecular weight excluding hydrogens is 401 g/mol. The van der Waals surface area contributed by atoms with Gasteiger partial charge in [0.05, 0.1) is 6.54 Å². The summed E-state index contributed by atoms with van der Waals surface area (Å²) < 4.78 is 0. The fraction of sp³-hybridized carbons (Fsp3) is 0.450. The normalized spacial score (nSPS) is 10.2. The van der Waals surface area contributed by atoms with Crippen molar-refractivity contribution < 1.29 is 4.79 Å². The van der Waals surface area contributed by atoms with Gasteiger partial charge in [-0.3, -0.25) is 4.79 Å². The van der Waals surface area contributed by atoms with E-state index in [1.807, 2.05) is 35.2 Å². The first-order valence-electron chi connectivity index (χ1n) is 8.99. The van der Waals surface area contributed by atoms with E-state index in [2.05, 4.69) is 30.2 Å². The minimum absolute atomic E-state index is 0. The molecule has 0 radical (unpaired) electrons. The zero-order chi connectivity index (χ0) is 18.1. The molecule has 0 atom stereocenters. The van der Waals surface area contributed by atoms with Gasteiger partial charge in [0, 0.05) is 30.1 Å². The van der Waals surface area contributed by atoms with E-state index in [9.17, 15) is 4.79 Å². The van der Waals surface area contributed by atoms with Gasteiger partial charge >= 0.3 is 0 Å². The van der Waals surface area contributed by atoms with Crippen molar-refractivity contribution in [1.29, 1.82) is 0 Å². The molecular formula is C20H31Cl2N3OS. The number of carbonyl (C=O) groups is 1. The SMILES string of the molecule is CCN(CC)CCN(Cc1cccs1)C(=O)CCc1ccccc1N.Cl.Cl. The molecule has 7 heteroatoms. The van der Waals surface area contributed by atoms with Crippen LogP contribution in [0.1, 0.15) is 30.7 Å². The van der Waals surface area contributed by atoms with Crippen molar-refractivity contribution in [2.45, 2.75) is 33.2 Å². The topological polar surface area (TPSA) is 49.6 Å². The fourth-order valence-electron chi connectivity index (χ4n) is 2.85. The Balaban J connectivity index is 0.00000338. The van der Waals surface area contributed by atoms with Crippen LogP contribution in [0.25, 0.3) is 0 Å². The van der Waals surface area contributed by atoms with Crippen LogP contribution in [0.4, 0.5) is 5.69 Å². The number of para-hydroxylation sites is 1. The molecule has 0 saturated carbocycles. The maximum Gasteiger partial charge on any atom is 0.223 e. The van der Waals surface area contributed by atoms with Gasteiger partial charge in [-0.2, -0.15) is 0 Å². The van der Waals surface area contributed by atoms with Gasteiger partial charge in [0.1, 0.15) is 0 Å². The highest BCUT2D eigenvalue weighted by molar-refractivity contribution is 7.09. The molecule has 4 nitrogen and oxygen atoms in total. The summed E-state index contributed by atoms with van der Waals surface area (Å²) in [5.41, 5.74) is 7.82. The second kappa shape index (κ2) is 13.8. The van der Waals surface area contributed by atoms with Gasteiger partial charge in [-0.25, -0.2) is 0 Å². The van der Waals surface area contributed by atoms with E-state index in [0.717, 1.165) is 37.4 Å². The number of halogens is 2. The van der Waals surface area contributed by atoms with E-state index in [0.29, 0.717) is 19.4 Å². The highest BCUT2D eigenvalue weighted by Crippen LogP contribution is 2.16. The molecule has 0 unspecified atom stereocenters. The lowest BCUT2D eigenvalue weighted by Crippen LogP contribution is -2.38. The number of hydrogen-bond donors (Lipinski definition) is 1. The Morgan fingerprint density at radius 3 is 2.33 bits per heavy atom. The zero-order valence-electron chi connectivity index (χ0n) is 16.1. The van der Waals surface area contributed by atoms with Gasteiger partial charge in [0.2, 0.25) is 5.91 Å². The lowest BCUT2D eigenvalue weighted by molar-refractivity contribution is -0.132. The maximum atomic E-state index is 12.8. The van der Waals surface area contributed by atoms with E-state index in [1.54, 1.807) is 11.3 Å².